The van der Waals surface area contributed by atoms with Crippen LogP contribution in [0.3, 0.4) is 0 Å². The maximum Gasteiger partial charge on any atom is 0.258 e. The van der Waals surface area contributed by atoms with Gasteiger partial charge in [0, 0.05) is 6.54 Å². The first-order valence-corrected chi connectivity index (χ1v) is 8.36. The number of aryl methyl sites for hydroxylation is 1. The third-order valence-electron chi connectivity index (χ3n) is 3.43. The van der Waals surface area contributed by atoms with E-state index >= 15 is 0 Å². The molecule has 0 bridgehead atoms. The molecule has 1 N–H and O–H groups in total. The van der Waals surface area contributed by atoms with Gasteiger partial charge in [-0.25, -0.2) is 0 Å². The Balaban J connectivity index is 1.92. The monoisotopic (exact) mass is 363 g/mol. The number of benzene rings is 2. The van der Waals surface area contributed by atoms with Crippen molar-refractivity contribution in [2.45, 2.75) is 20.4 Å². The van der Waals surface area contributed by atoms with E-state index in [0.717, 1.165) is 11.1 Å². The molecule has 0 radical (unpaired) electrons. The fraction of sp³-hybridized carbons (Fsp3) is 0.316. The Morgan fingerprint density at radius 1 is 1.20 bits per heavy atom. The first-order valence-electron chi connectivity index (χ1n) is 7.98. The van der Waals surface area contributed by atoms with Crippen molar-refractivity contribution in [3.05, 3.63) is 52.5 Å². The normalized spacial score (nSPS) is 10.2. The van der Waals surface area contributed by atoms with Gasteiger partial charge in [0.05, 0.1) is 18.7 Å². The Hall–Kier alpha value is -2.40. The molecule has 2 rings (SSSR count). The molecule has 0 aliphatic heterocycles. The summed E-state index contributed by atoms with van der Waals surface area (Å²) in [6.07, 6.45) is 0. The quantitative estimate of drug-likeness (QED) is 0.776. The molecule has 0 unspecified atom stereocenters. The Kier molecular flexibility index (Phi) is 6.95. The molecule has 0 fully saturated rings. The molecule has 2 aromatic rings. The largest absolute Gasteiger partial charge is 0.493 e. The number of nitrogens with one attached hydrogen (secondary N) is 1. The zero-order valence-corrected chi connectivity index (χ0v) is 15.4. The van der Waals surface area contributed by atoms with E-state index in [-0.39, 0.29) is 12.5 Å². The number of methoxy groups -OCH3 is 1. The number of carbonyl (C=O) groups excluding carboxylic acids is 1. The first-order chi connectivity index (χ1) is 12.0. The van der Waals surface area contributed by atoms with Crippen LogP contribution in [0.5, 0.6) is 17.2 Å². The van der Waals surface area contributed by atoms with Crippen LogP contribution in [0.15, 0.2) is 36.4 Å². The summed E-state index contributed by atoms with van der Waals surface area (Å²) in [6.45, 7) is 4.60. The summed E-state index contributed by atoms with van der Waals surface area (Å²) in [4.78, 5) is 12.0. The van der Waals surface area contributed by atoms with Crippen molar-refractivity contribution in [3.8, 4) is 17.2 Å². The number of rotatable bonds is 8. The molecule has 2 aromatic carbocycles. The molecule has 0 aliphatic rings. The second kappa shape index (κ2) is 9.18. The summed E-state index contributed by atoms with van der Waals surface area (Å²) in [6, 6.07) is 11.1. The molecule has 25 heavy (non-hydrogen) atoms. The van der Waals surface area contributed by atoms with Crippen molar-refractivity contribution < 1.29 is 19.0 Å². The third kappa shape index (κ3) is 5.57. The summed E-state index contributed by atoms with van der Waals surface area (Å²) >= 11 is 6.22. The van der Waals surface area contributed by atoms with Gasteiger partial charge < -0.3 is 19.5 Å². The van der Waals surface area contributed by atoms with Crippen LogP contribution in [0.25, 0.3) is 0 Å². The number of hydrogen-bond donors (Lipinski definition) is 1. The number of hydrogen-bond acceptors (Lipinski definition) is 4. The van der Waals surface area contributed by atoms with E-state index in [1.807, 2.05) is 38.1 Å². The maximum atomic E-state index is 12.0. The Morgan fingerprint density at radius 3 is 2.68 bits per heavy atom. The molecule has 5 nitrogen and oxygen atoms in total. The molecule has 0 saturated carbocycles. The van der Waals surface area contributed by atoms with Gasteiger partial charge in [0.25, 0.3) is 5.91 Å². The van der Waals surface area contributed by atoms with Gasteiger partial charge in [-0.1, -0.05) is 23.7 Å². The highest BCUT2D eigenvalue weighted by atomic mass is 35.5. The first kappa shape index (κ1) is 18.9. The van der Waals surface area contributed by atoms with Crippen LogP contribution in [0.1, 0.15) is 18.1 Å². The van der Waals surface area contributed by atoms with Gasteiger partial charge in [-0.3, -0.25) is 4.79 Å². The van der Waals surface area contributed by atoms with Crippen LogP contribution < -0.4 is 19.5 Å². The van der Waals surface area contributed by atoms with Gasteiger partial charge in [0.2, 0.25) is 0 Å². The summed E-state index contributed by atoms with van der Waals surface area (Å²) < 4.78 is 16.2. The summed E-state index contributed by atoms with van der Waals surface area (Å²) in [5.41, 5.74) is 1.89. The maximum absolute atomic E-state index is 12.0. The number of ether oxygens (including phenoxy) is 3. The molecule has 0 aromatic heterocycles. The zero-order valence-electron chi connectivity index (χ0n) is 14.6. The van der Waals surface area contributed by atoms with Crippen LogP contribution in [-0.2, 0) is 11.3 Å². The summed E-state index contributed by atoms with van der Waals surface area (Å²) in [5.74, 6) is 1.49. The van der Waals surface area contributed by atoms with Gasteiger partial charge in [-0.2, -0.15) is 0 Å². The van der Waals surface area contributed by atoms with Gasteiger partial charge in [-0.05, 0) is 49.2 Å². The van der Waals surface area contributed by atoms with Gasteiger partial charge >= 0.3 is 0 Å². The average Bonchev–Trinajstić information content (AvgIpc) is 2.60. The van der Waals surface area contributed by atoms with E-state index < -0.39 is 0 Å². The summed E-state index contributed by atoms with van der Waals surface area (Å²) in [5, 5.41) is 3.24. The SMILES string of the molecule is CCOc1c(Cl)cc(CNC(=O)COc2cccc(C)c2)cc1OC. The van der Waals surface area contributed by atoms with Crippen molar-refractivity contribution in [1.29, 1.82) is 0 Å². The minimum atomic E-state index is -0.217. The lowest BCUT2D eigenvalue weighted by Crippen LogP contribution is -2.28. The molecule has 0 aliphatic carbocycles. The highest BCUT2D eigenvalue weighted by Crippen LogP contribution is 2.36. The van der Waals surface area contributed by atoms with Crippen molar-refractivity contribution >= 4 is 17.5 Å². The molecule has 0 heterocycles. The second-order valence-electron chi connectivity index (χ2n) is 5.42. The second-order valence-corrected chi connectivity index (χ2v) is 5.83. The summed E-state index contributed by atoms with van der Waals surface area (Å²) in [7, 11) is 1.55. The standard InChI is InChI=1S/C19H22ClNO4/c1-4-24-19-16(20)9-14(10-17(19)23-3)11-21-18(22)12-25-15-7-5-6-13(2)8-15/h5-10H,4,11-12H2,1-3H3,(H,21,22). The van der Waals surface area contributed by atoms with Crippen LogP contribution in [0, 0.1) is 6.92 Å². The van der Waals surface area contributed by atoms with Crippen molar-refractivity contribution in [2.24, 2.45) is 0 Å². The van der Waals surface area contributed by atoms with Crippen LogP contribution in [0.4, 0.5) is 0 Å². The van der Waals surface area contributed by atoms with Gasteiger partial charge in [0.15, 0.2) is 18.1 Å². The van der Waals surface area contributed by atoms with E-state index in [9.17, 15) is 4.79 Å². The lowest BCUT2D eigenvalue weighted by atomic mass is 10.2. The molecular formula is C19H22ClNO4. The Labute approximate surface area is 152 Å². The van der Waals surface area contributed by atoms with Gasteiger partial charge in [0.1, 0.15) is 5.75 Å². The highest BCUT2D eigenvalue weighted by molar-refractivity contribution is 6.32. The number of halogens is 1. The predicted octanol–water partition coefficient (Wildman–Crippen LogP) is 3.75. The fourth-order valence-electron chi connectivity index (χ4n) is 2.27. The predicted molar refractivity (Wildman–Crippen MR) is 97.7 cm³/mol. The Morgan fingerprint density at radius 2 is 2.00 bits per heavy atom. The molecule has 134 valence electrons. The molecule has 0 spiro atoms. The minimum Gasteiger partial charge on any atom is -0.493 e. The lowest BCUT2D eigenvalue weighted by Gasteiger charge is -2.13. The molecular weight excluding hydrogens is 342 g/mol. The van der Waals surface area contributed by atoms with Gasteiger partial charge in [-0.15, -0.1) is 0 Å². The van der Waals surface area contributed by atoms with Crippen LogP contribution in [0.2, 0.25) is 5.02 Å². The Bertz CT molecular complexity index is 733. The highest BCUT2D eigenvalue weighted by Gasteiger charge is 2.12. The van der Waals surface area contributed by atoms with E-state index in [4.69, 9.17) is 25.8 Å². The van der Waals surface area contributed by atoms with Crippen LogP contribution >= 0.6 is 11.6 Å². The third-order valence-corrected chi connectivity index (χ3v) is 3.71. The van der Waals surface area contributed by atoms with Crippen molar-refractivity contribution in [3.63, 3.8) is 0 Å². The fourth-order valence-corrected chi connectivity index (χ4v) is 2.55. The number of amides is 1. The lowest BCUT2D eigenvalue weighted by molar-refractivity contribution is -0.123. The van der Waals surface area contributed by atoms with Crippen molar-refractivity contribution in [2.75, 3.05) is 20.3 Å². The smallest absolute Gasteiger partial charge is 0.258 e. The molecule has 0 saturated heterocycles. The van der Waals surface area contributed by atoms with Crippen LogP contribution in [-0.4, -0.2) is 26.2 Å². The topological polar surface area (TPSA) is 56.8 Å². The van der Waals surface area contributed by atoms with E-state index in [0.29, 0.717) is 35.4 Å². The average molecular weight is 364 g/mol. The molecule has 0 atom stereocenters. The van der Waals surface area contributed by atoms with E-state index in [1.54, 1.807) is 19.2 Å². The molecule has 6 heteroatoms. The van der Waals surface area contributed by atoms with E-state index in [1.165, 1.54) is 0 Å². The van der Waals surface area contributed by atoms with E-state index in [2.05, 4.69) is 5.32 Å². The number of carbonyl (C=O) groups is 1. The molecule has 1 amide bonds. The van der Waals surface area contributed by atoms with Crippen molar-refractivity contribution in [1.82, 2.24) is 5.32 Å². The minimum absolute atomic E-state index is 0.0502. The zero-order chi connectivity index (χ0) is 18.2.